The molecule has 2 N–H and O–H groups in total. The first-order valence-electron chi connectivity index (χ1n) is 12.1. The van der Waals surface area contributed by atoms with E-state index in [1.54, 1.807) is 23.1 Å². The van der Waals surface area contributed by atoms with Crippen LogP contribution in [0, 0.1) is 6.92 Å². The maximum Gasteiger partial charge on any atom is 0.247 e. The van der Waals surface area contributed by atoms with Crippen molar-refractivity contribution in [2.45, 2.75) is 6.92 Å². The third-order valence-corrected chi connectivity index (χ3v) is 6.10. The van der Waals surface area contributed by atoms with Crippen LogP contribution in [0.4, 0.5) is 17.2 Å². The topological polar surface area (TPSA) is 119 Å². The van der Waals surface area contributed by atoms with Gasteiger partial charge in [0.15, 0.2) is 5.65 Å². The molecule has 0 bridgehead atoms. The summed E-state index contributed by atoms with van der Waals surface area (Å²) in [7, 11) is 0. The monoisotopic (exact) mass is 514 g/mol. The van der Waals surface area contributed by atoms with Crippen molar-refractivity contribution in [3.05, 3.63) is 104 Å². The van der Waals surface area contributed by atoms with E-state index in [1.165, 1.54) is 12.4 Å². The number of amides is 1. The molecular weight excluding hydrogens is 492 g/mol. The number of carbonyl (C=O) groups is 1. The lowest BCUT2D eigenvalue weighted by Gasteiger charge is -2.13. The highest BCUT2D eigenvalue weighted by Gasteiger charge is 2.10. The zero-order valence-electron chi connectivity index (χ0n) is 20.9. The maximum atomic E-state index is 11.7. The fraction of sp³-hybridized carbons (Fsp3) is 0.0345. The van der Waals surface area contributed by atoms with Crippen molar-refractivity contribution in [3.8, 4) is 22.8 Å². The summed E-state index contributed by atoms with van der Waals surface area (Å²) in [5, 5.41) is 15.0. The average molecular weight is 515 g/mol. The van der Waals surface area contributed by atoms with Gasteiger partial charge in [0.1, 0.15) is 30.5 Å². The molecule has 0 fully saturated rings. The van der Waals surface area contributed by atoms with E-state index in [1.807, 2.05) is 67.6 Å². The minimum atomic E-state index is -0.259. The Labute approximate surface area is 223 Å². The van der Waals surface area contributed by atoms with Gasteiger partial charge in [0.2, 0.25) is 11.8 Å². The molecule has 0 aliphatic rings. The summed E-state index contributed by atoms with van der Waals surface area (Å²) in [5.41, 5.74) is 5.82. The van der Waals surface area contributed by atoms with Crippen LogP contribution in [0.3, 0.4) is 0 Å². The Hall–Kier alpha value is -5.64. The molecular formula is C29H22N8O2. The van der Waals surface area contributed by atoms with Crippen LogP contribution in [0.25, 0.3) is 27.7 Å². The van der Waals surface area contributed by atoms with E-state index in [-0.39, 0.29) is 5.91 Å². The normalized spacial score (nSPS) is 10.9. The first kappa shape index (κ1) is 23.7. The third-order valence-electron chi connectivity index (χ3n) is 6.10. The van der Waals surface area contributed by atoms with E-state index < -0.39 is 0 Å². The number of carbonyl (C=O) groups excluding carboxylic acids is 1. The van der Waals surface area contributed by atoms with E-state index in [2.05, 4.69) is 42.4 Å². The van der Waals surface area contributed by atoms with Crippen LogP contribution in [0.1, 0.15) is 5.56 Å². The smallest absolute Gasteiger partial charge is 0.247 e. The Bertz CT molecular complexity index is 1860. The number of aryl methyl sites for hydroxylation is 1. The molecule has 3 aromatic carbocycles. The van der Waals surface area contributed by atoms with Crippen LogP contribution in [0.15, 0.2) is 98.4 Å². The maximum absolute atomic E-state index is 11.7. The lowest BCUT2D eigenvalue weighted by molar-refractivity contribution is -0.111. The van der Waals surface area contributed by atoms with Crippen molar-refractivity contribution in [2.24, 2.45) is 0 Å². The Morgan fingerprint density at radius 1 is 0.949 bits per heavy atom. The Balaban J connectivity index is 1.26. The van der Waals surface area contributed by atoms with E-state index in [0.29, 0.717) is 28.8 Å². The minimum Gasteiger partial charge on any atom is -0.439 e. The second kappa shape index (κ2) is 10.0. The summed E-state index contributed by atoms with van der Waals surface area (Å²) in [4.78, 5) is 25.0. The van der Waals surface area contributed by atoms with E-state index in [9.17, 15) is 4.79 Å². The molecule has 6 aromatic rings. The van der Waals surface area contributed by atoms with Gasteiger partial charge in [-0.3, -0.25) is 9.20 Å². The number of nitrogens with zero attached hydrogens (tertiary/aromatic N) is 6. The highest BCUT2D eigenvalue weighted by Crippen LogP contribution is 2.32. The minimum absolute atomic E-state index is 0.259. The van der Waals surface area contributed by atoms with Crippen molar-refractivity contribution < 1.29 is 9.53 Å². The number of anilines is 3. The molecule has 3 heterocycles. The first-order chi connectivity index (χ1) is 19.1. The molecule has 0 radical (unpaired) electrons. The summed E-state index contributed by atoms with van der Waals surface area (Å²) in [6.45, 7) is 5.47. The number of ether oxygens (including phenoxy) is 1. The lowest BCUT2D eigenvalue weighted by atomic mass is 10.0. The second-order valence-corrected chi connectivity index (χ2v) is 8.76. The standard InChI is InChI=1S/C29H22N8O2/c1-3-27(38)34-21-6-4-5-19(12-21)20-7-9-24-23(13-20)29(31-15-30-24)35-22-8-10-25(18(2)11-22)39-28-14-26-36-33-17-37(26)16-32-28/h3-17H,1H2,2H3,(H,34,38)(H,30,31,35). The van der Waals surface area contributed by atoms with Gasteiger partial charge in [-0.15, -0.1) is 10.2 Å². The molecule has 0 aliphatic carbocycles. The molecule has 0 atom stereocenters. The molecule has 0 unspecified atom stereocenters. The van der Waals surface area contributed by atoms with Crippen molar-refractivity contribution >= 4 is 39.6 Å². The fourth-order valence-corrected chi connectivity index (χ4v) is 4.16. The molecule has 1 amide bonds. The number of nitrogens with one attached hydrogen (secondary N) is 2. The molecule has 10 nitrogen and oxygen atoms in total. The van der Waals surface area contributed by atoms with Gasteiger partial charge in [0.25, 0.3) is 0 Å². The van der Waals surface area contributed by atoms with Crippen LogP contribution >= 0.6 is 0 Å². The SMILES string of the molecule is C=CC(=O)Nc1cccc(-c2ccc3ncnc(Nc4ccc(Oc5cc6nncn6cn5)c(C)c4)c3c2)c1. The zero-order chi connectivity index (χ0) is 26.8. The van der Waals surface area contributed by atoms with Gasteiger partial charge in [-0.05, 0) is 72.2 Å². The van der Waals surface area contributed by atoms with Crippen LogP contribution in [-0.4, -0.2) is 35.5 Å². The summed E-state index contributed by atoms with van der Waals surface area (Å²) >= 11 is 0. The van der Waals surface area contributed by atoms with Gasteiger partial charge >= 0.3 is 0 Å². The van der Waals surface area contributed by atoms with E-state index in [0.717, 1.165) is 33.3 Å². The zero-order valence-corrected chi connectivity index (χ0v) is 20.9. The van der Waals surface area contributed by atoms with Crippen molar-refractivity contribution in [1.82, 2.24) is 29.5 Å². The number of benzene rings is 3. The number of aromatic nitrogens is 6. The molecule has 10 heteroatoms. The predicted molar refractivity (Wildman–Crippen MR) is 149 cm³/mol. The second-order valence-electron chi connectivity index (χ2n) is 8.76. The van der Waals surface area contributed by atoms with Gasteiger partial charge in [-0.25, -0.2) is 15.0 Å². The van der Waals surface area contributed by atoms with E-state index in [4.69, 9.17) is 4.74 Å². The van der Waals surface area contributed by atoms with Crippen molar-refractivity contribution in [2.75, 3.05) is 10.6 Å². The largest absolute Gasteiger partial charge is 0.439 e. The molecule has 0 saturated carbocycles. The van der Waals surface area contributed by atoms with Crippen molar-refractivity contribution in [1.29, 1.82) is 0 Å². The molecule has 0 spiro atoms. The predicted octanol–water partition coefficient (Wildman–Crippen LogP) is 5.70. The Morgan fingerprint density at radius 3 is 2.72 bits per heavy atom. The average Bonchev–Trinajstić information content (AvgIpc) is 3.43. The Kier molecular flexibility index (Phi) is 6.10. The lowest BCUT2D eigenvalue weighted by Crippen LogP contribution is -2.06. The number of rotatable bonds is 7. The molecule has 3 aromatic heterocycles. The molecule has 39 heavy (non-hydrogen) atoms. The summed E-state index contributed by atoms with van der Waals surface area (Å²) < 4.78 is 7.70. The van der Waals surface area contributed by atoms with Gasteiger partial charge in [0, 0.05) is 22.8 Å². The third kappa shape index (κ3) is 4.98. The van der Waals surface area contributed by atoms with Gasteiger partial charge in [-0.1, -0.05) is 24.8 Å². The molecule has 0 saturated heterocycles. The fourth-order valence-electron chi connectivity index (χ4n) is 4.16. The molecule has 0 aliphatic heterocycles. The van der Waals surface area contributed by atoms with Crippen LogP contribution in [-0.2, 0) is 4.79 Å². The summed E-state index contributed by atoms with van der Waals surface area (Å²) in [5.74, 6) is 1.52. The highest BCUT2D eigenvalue weighted by molar-refractivity contribution is 5.99. The van der Waals surface area contributed by atoms with Gasteiger partial charge < -0.3 is 15.4 Å². The summed E-state index contributed by atoms with van der Waals surface area (Å²) in [6.07, 6.45) is 5.97. The van der Waals surface area contributed by atoms with Crippen LogP contribution in [0.2, 0.25) is 0 Å². The summed E-state index contributed by atoms with van der Waals surface area (Å²) in [6, 6.07) is 21.1. The molecule has 6 rings (SSSR count). The number of hydrogen-bond donors (Lipinski definition) is 2. The first-order valence-corrected chi connectivity index (χ1v) is 12.1. The van der Waals surface area contributed by atoms with E-state index >= 15 is 0 Å². The van der Waals surface area contributed by atoms with Gasteiger partial charge in [0.05, 0.1) is 5.52 Å². The Morgan fingerprint density at radius 2 is 1.85 bits per heavy atom. The molecule has 190 valence electrons. The van der Waals surface area contributed by atoms with Gasteiger partial charge in [-0.2, -0.15) is 0 Å². The van der Waals surface area contributed by atoms with Crippen LogP contribution in [0.5, 0.6) is 11.6 Å². The highest BCUT2D eigenvalue weighted by atomic mass is 16.5. The van der Waals surface area contributed by atoms with Crippen molar-refractivity contribution in [3.63, 3.8) is 0 Å². The number of fused-ring (bicyclic) bond motifs is 2. The van der Waals surface area contributed by atoms with Crippen LogP contribution < -0.4 is 15.4 Å². The quantitative estimate of drug-likeness (QED) is 0.260. The number of hydrogen-bond acceptors (Lipinski definition) is 8.